The highest BCUT2D eigenvalue weighted by Crippen LogP contribution is 2.18. The Bertz CT molecular complexity index is 1170. The van der Waals surface area contributed by atoms with Crippen molar-refractivity contribution in [3.63, 3.8) is 0 Å². The summed E-state index contributed by atoms with van der Waals surface area (Å²) in [5, 5.41) is 5.33. The van der Waals surface area contributed by atoms with Gasteiger partial charge < -0.3 is 24.8 Å². The Balaban J connectivity index is 1.52. The largest absolute Gasteiger partial charge is 0.489 e. The first-order valence-corrected chi connectivity index (χ1v) is 12.4. The lowest BCUT2D eigenvalue weighted by Gasteiger charge is -2.23. The normalized spacial score (nSPS) is 11.7. The van der Waals surface area contributed by atoms with Gasteiger partial charge in [0.15, 0.2) is 0 Å². The first-order valence-electron chi connectivity index (χ1n) is 12.4. The number of anilines is 1. The van der Waals surface area contributed by atoms with Crippen LogP contribution in [0.15, 0.2) is 84.9 Å². The van der Waals surface area contributed by atoms with Crippen LogP contribution in [0.25, 0.3) is 0 Å². The van der Waals surface area contributed by atoms with Crippen molar-refractivity contribution in [1.29, 1.82) is 0 Å². The molecule has 3 aromatic rings. The van der Waals surface area contributed by atoms with Crippen LogP contribution in [0.1, 0.15) is 44.7 Å². The number of hydrogen-bond donors (Lipinski definition) is 2. The Morgan fingerprint density at radius 2 is 1.37 bits per heavy atom. The molecule has 0 aliphatic rings. The molecule has 0 aliphatic carbocycles. The summed E-state index contributed by atoms with van der Waals surface area (Å²) in [7, 11) is 0. The van der Waals surface area contributed by atoms with Crippen molar-refractivity contribution < 1.29 is 28.6 Å². The van der Waals surface area contributed by atoms with Crippen LogP contribution in [0.4, 0.5) is 10.5 Å². The van der Waals surface area contributed by atoms with Crippen molar-refractivity contribution >= 4 is 23.7 Å². The van der Waals surface area contributed by atoms with Crippen LogP contribution >= 0.6 is 0 Å². The maximum absolute atomic E-state index is 12.8. The Kier molecular flexibility index (Phi) is 10.3. The zero-order valence-corrected chi connectivity index (χ0v) is 21.9. The fourth-order valence-electron chi connectivity index (χ4n) is 3.40. The lowest BCUT2D eigenvalue weighted by atomic mass is 10.1. The van der Waals surface area contributed by atoms with Crippen LogP contribution in [-0.2, 0) is 32.3 Å². The monoisotopic (exact) mass is 518 g/mol. The Morgan fingerprint density at radius 3 is 1.95 bits per heavy atom. The van der Waals surface area contributed by atoms with Gasteiger partial charge in [0.25, 0.3) is 0 Å². The molecule has 8 nitrogen and oxygen atoms in total. The molecule has 0 saturated carbocycles. The molecule has 2 N–H and O–H groups in total. The van der Waals surface area contributed by atoms with Gasteiger partial charge in [0.2, 0.25) is 5.91 Å². The van der Waals surface area contributed by atoms with E-state index in [-0.39, 0.29) is 25.4 Å². The van der Waals surface area contributed by atoms with Crippen molar-refractivity contribution in [3.8, 4) is 5.75 Å². The maximum atomic E-state index is 12.8. The van der Waals surface area contributed by atoms with Crippen molar-refractivity contribution in [2.45, 2.75) is 58.5 Å². The average molecular weight is 519 g/mol. The van der Waals surface area contributed by atoms with Crippen LogP contribution in [-0.4, -0.2) is 29.6 Å². The highest BCUT2D eigenvalue weighted by atomic mass is 16.6. The number of nitrogens with one attached hydrogen (secondary N) is 2. The van der Waals surface area contributed by atoms with Crippen LogP contribution in [0, 0.1) is 0 Å². The molecule has 0 bridgehead atoms. The molecule has 0 aliphatic heterocycles. The smallest absolute Gasteiger partial charge is 0.408 e. The summed E-state index contributed by atoms with van der Waals surface area (Å²) < 4.78 is 16.4. The Hall–Kier alpha value is -4.33. The third-order valence-corrected chi connectivity index (χ3v) is 5.25. The minimum atomic E-state index is -1.05. The Morgan fingerprint density at radius 1 is 0.789 bits per heavy atom. The van der Waals surface area contributed by atoms with Crippen molar-refractivity contribution in [2.24, 2.45) is 0 Å². The minimum absolute atomic E-state index is 0.0207. The van der Waals surface area contributed by atoms with Gasteiger partial charge in [-0.1, -0.05) is 60.7 Å². The van der Waals surface area contributed by atoms with Gasteiger partial charge in [0.1, 0.15) is 30.6 Å². The predicted octanol–water partition coefficient (Wildman–Crippen LogP) is 5.62. The number of rotatable bonds is 11. The molecule has 1 unspecified atom stereocenters. The van der Waals surface area contributed by atoms with E-state index in [2.05, 4.69) is 10.6 Å². The quantitative estimate of drug-likeness (QED) is 0.319. The van der Waals surface area contributed by atoms with Gasteiger partial charge >= 0.3 is 12.1 Å². The summed E-state index contributed by atoms with van der Waals surface area (Å²) in [6, 6.07) is 25.0. The second-order valence-electron chi connectivity index (χ2n) is 9.68. The Labute approximate surface area is 223 Å². The van der Waals surface area contributed by atoms with Gasteiger partial charge in [0, 0.05) is 12.1 Å². The van der Waals surface area contributed by atoms with E-state index in [1.165, 1.54) is 0 Å². The molecule has 0 saturated heterocycles. The SMILES string of the molecule is CC(C)(C)OC(=O)NC(CCC(=O)Nc1ccc(OCc2ccccc2)cc1)C(=O)OCc1ccccc1. The molecule has 0 fully saturated rings. The second kappa shape index (κ2) is 13.8. The highest BCUT2D eigenvalue weighted by Gasteiger charge is 2.26. The molecule has 3 rings (SSSR count). The number of ether oxygens (including phenoxy) is 3. The van der Waals surface area contributed by atoms with Crippen molar-refractivity contribution in [1.82, 2.24) is 5.32 Å². The number of amides is 2. The molecular weight excluding hydrogens is 484 g/mol. The van der Waals surface area contributed by atoms with Gasteiger partial charge in [-0.05, 0) is 62.6 Å². The number of carbonyl (C=O) groups excluding carboxylic acids is 3. The van der Waals surface area contributed by atoms with Crippen LogP contribution in [0.5, 0.6) is 5.75 Å². The van der Waals surface area contributed by atoms with Crippen molar-refractivity contribution in [3.05, 3.63) is 96.1 Å². The van der Waals surface area contributed by atoms with Gasteiger partial charge in [-0.25, -0.2) is 9.59 Å². The zero-order valence-electron chi connectivity index (χ0n) is 21.9. The maximum Gasteiger partial charge on any atom is 0.408 e. The molecule has 0 spiro atoms. The summed E-state index contributed by atoms with van der Waals surface area (Å²) in [4.78, 5) is 37.6. The first kappa shape index (κ1) is 28.2. The summed E-state index contributed by atoms with van der Waals surface area (Å²) in [6.45, 7) is 5.66. The fourth-order valence-corrected chi connectivity index (χ4v) is 3.40. The minimum Gasteiger partial charge on any atom is -0.489 e. The summed E-state index contributed by atoms with van der Waals surface area (Å²) in [6.07, 6.45) is -0.741. The summed E-state index contributed by atoms with van der Waals surface area (Å²) in [5.74, 6) is -0.281. The van der Waals surface area contributed by atoms with Crippen LogP contribution < -0.4 is 15.4 Å². The lowest BCUT2D eigenvalue weighted by molar-refractivity contribution is -0.147. The number of carbonyl (C=O) groups is 3. The topological polar surface area (TPSA) is 103 Å². The van der Waals surface area contributed by atoms with Gasteiger partial charge in [-0.3, -0.25) is 4.79 Å². The average Bonchev–Trinajstić information content (AvgIpc) is 2.89. The molecule has 0 heterocycles. The number of benzene rings is 3. The zero-order chi connectivity index (χ0) is 27.4. The molecule has 200 valence electrons. The molecule has 38 heavy (non-hydrogen) atoms. The van der Waals surface area contributed by atoms with E-state index in [1.807, 2.05) is 60.7 Å². The third kappa shape index (κ3) is 10.3. The molecule has 3 aromatic carbocycles. The highest BCUT2D eigenvalue weighted by molar-refractivity contribution is 5.91. The van der Waals surface area contributed by atoms with E-state index in [0.29, 0.717) is 18.0 Å². The third-order valence-electron chi connectivity index (χ3n) is 5.25. The van der Waals surface area contributed by atoms with E-state index < -0.39 is 23.7 Å². The van der Waals surface area contributed by atoms with Crippen molar-refractivity contribution in [2.75, 3.05) is 5.32 Å². The molecular formula is C30H34N2O6. The second-order valence-corrected chi connectivity index (χ2v) is 9.68. The van der Waals surface area contributed by atoms with E-state index in [1.54, 1.807) is 45.0 Å². The van der Waals surface area contributed by atoms with Gasteiger partial charge in [-0.15, -0.1) is 0 Å². The van der Waals surface area contributed by atoms with Crippen LogP contribution in [0.2, 0.25) is 0 Å². The fraction of sp³-hybridized carbons (Fsp3) is 0.300. The summed E-state index contributed by atoms with van der Waals surface area (Å²) >= 11 is 0. The van der Waals surface area contributed by atoms with E-state index in [4.69, 9.17) is 14.2 Å². The van der Waals surface area contributed by atoms with E-state index in [0.717, 1.165) is 11.1 Å². The van der Waals surface area contributed by atoms with Gasteiger partial charge in [-0.2, -0.15) is 0 Å². The molecule has 2 amide bonds. The van der Waals surface area contributed by atoms with E-state index >= 15 is 0 Å². The first-order chi connectivity index (χ1) is 18.2. The molecule has 0 aromatic heterocycles. The van der Waals surface area contributed by atoms with Gasteiger partial charge in [0.05, 0.1) is 0 Å². The predicted molar refractivity (Wildman–Crippen MR) is 144 cm³/mol. The standard InChI is InChI=1S/C30H34N2O6/c1-30(2,3)38-29(35)32-26(28(34)37-21-23-12-8-5-9-13-23)18-19-27(33)31-24-14-16-25(17-15-24)36-20-22-10-6-4-7-11-22/h4-17,26H,18-21H2,1-3H3,(H,31,33)(H,32,35). The number of esters is 1. The lowest BCUT2D eigenvalue weighted by Crippen LogP contribution is -2.44. The molecule has 0 radical (unpaired) electrons. The van der Waals surface area contributed by atoms with E-state index in [9.17, 15) is 14.4 Å². The number of hydrogen-bond acceptors (Lipinski definition) is 6. The molecule has 1 atom stereocenters. The molecule has 8 heteroatoms. The summed E-state index contributed by atoms with van der Waals surface area (Å²) in [5.41, 5.74) is 1.72. The van der Waals surface area contributed by atoms with Crippen LogP contribution in [0.3, 0.4) is 0 Å². The number of alkyl carbamates (subject to hydrolysis) is 1.